The predicted octanol–water partition coefficient (Wildman–Crippen LogP) is -0.894. The number of rotatable bonds is 6. The SMILES string of the molecule is CS(=O)CCCNS(=O)(=O)c1cnc(N)nc1. The second-order valence-electron chi connectivity index (χ2n) is 3.31. The first kappa shape index (κ1) is 14.0. The third kappa shape index (κ3) is 4.75. The number of nitrogens with two attached hydrogens (primary N) is 1. The molecular formula is C8H14N4O3S2. The largest absolute Gasteiger partial charge is 0.368 e. The number of aromatic nitrogens is 2. The summed E-state index contributed by atoms with van der Waals surface area (Å²) in [5.41, 5.74) is 5.25. The third-order valence-electron chi connectivity index (χ3n) is 1.86. The molecule has 1 rings (SSSR count). The van der Waals surface area contributed by atoms with Gasteiger partial charge in [0.2, 0.25) is 16.0 Å². The molecule has 1 atom stereocenters. The highest BCUT2D eigenvalue weighted by molar-refractivity contribution is 7.89. The van der Waals surface area contributed by atoms with E-state index in [0.717, 1.165) is 12.4 Å². The molecule has 0 spiro atoms. The van der Waals surface area contributed by atoms with Crippen molar-refractivity contribution in [1.29, 1.82) is 0 Å². The number of nitrogens with one attached hydrogen (secondary N) is 1. The number of anilines is 1. The zero-order valence-corrected chi connectivity index (χ0v) is 10.9. The lowest BCUT2D eigenvalue weighted by Gasteiger charge is -2.05. The van der Waals surface area contributed by atoms with Crippen LogP contribution in [0, 0.1) is 0 Å². The first-order chi connectivity index (χ1) is 7.92. The van der Waals surface area contributed by atoms with Gasteiger partial charge in [-0.25, -0.2) is 23.1 Å². The quantitative estimate of drug-likeness (QED) is 0.652. The molecule has 9 heteroatoms. The van der Waals surface area contributed by atoms with Crippen LogP contribution in [-0.4, -0.2) is 41.1 Å². The molecule has 1 aromatic heterocycles. The Morgan fingerprint density at radius 3 is 2.53 bits per heavy atom. The van der Waals surface area contributed by atoms with Gasteiger partial charge >= 0.3 is 0 Å². The van der Waals surface area contributed by atoms with E-state index in [9.17, 15) is 12.6 Å². The summed E-state index contributed by atoms with van der Waals surface area (Å²) in [4.78, 5) is 7.16. The molecule has 0 bridgehead atoms. The number of nitrogen functional groups attached to an aromatic ring is 1. The minimum absolute atomic E-state index is 0.0188. The Labute approximate surface area is 102 Å². The van der Waals surface area contributed by atoms with Gasteiger partial charge in [0.05, 0.1) is 12.4 Å². The molecule has 1 heterocycles. The van der Waals surface area contributed by atoms with Crippen molar-refractivity contribution in [2.45, 2.75) is 11.3 Å². The Kier molecular flexibility index (Phi) is 4.97. The zero-order valence-electron chi connectivity index (χ0n) is 9.29. The van der Waals surface area contributed by atoms with Crippen molar-refractivity contribution in [2.75, 3.05) is 24.3 Å². The van der Waals surface area contributed by atoms with Crippen LogP contribution >= 0.6 is 0 Å². The summed E-state index contributed by atoms with van der Waals surface area (Å²) >= 11 is 0. The average molecular weight is 278 g/mol. The van der Waals surface area contributed by atoms with Crippen molar-refractivity contribution in [3.8, 4) is 0 Å². The smallest absolute Gasteiger partial charge is 0.243 e. The van der Waals surface area contributed by atoms with Crippen molar-refractivity contribution >= 4 is 26.8 Å². The maximum absolute atomic E-state index is 11.7. The van der Waals surface area contributed by atoms with E-state index < -0.39 is 20.8 Å². The van der Waals surface area contributed by atoms with E-state index in [1.807, 2.05) is 0 Å². The maximum atomic E-state index is 11.7. The van der Waals surface area contributed by atoms with Crippen LogP contribution in [0.4, 0.5) is 5.95 Å². The summed E-state index contributed by atoms with van der Waals surface area (Å²) in [5, 5.41) is 0. The van der Waals surface area contributed by atoms with Gasteiger partial charge in [0.15, 0.2) is 0 Å². The lowest BCUT2D eigenvalue weighted by Crippen LogP contribution is -2.26. The van der Waals surface area contributed by atoms with E-state index in [1.54, 1.807) is 6.26 Å². The van der Waals surface area contributed by atoms with Crippen LogP contribution in [0.5, 0.6) is 0 Å². The van der Waals surface area contributed by atoms with Crippen molar-refractivity contribution in [1.82, 2.24) is 14.7 Å². The fourth-order valence-corrected chi connectivity index (χ4v) is 2.54. The molecule has 0 amide bonds. The minimum atomic E-state index is -3.60. The Hall–Kier alpha value is -1.06. The van der Waals surface area contributed by atoms with Crippen LogP contribution < -0.4 is 10.5 Å². The molecule has 1 unspecified atom stereocenters. The Morgan fingerprint density at radius 2 is 2.00 bits per heavy atom. The molecule has 0 aromatic carbocycles. The highest BCUT2D eigenvalue weighted by Crippen LogP contribution is 2.05. The van der Waals surface area contributed by atoms with Crippen molar-refractivity contribution < 1.29 is 12.6 Å². The summed E-state index contributed by atoms with van der Waals surface area (Å²) in [7, 11) is -4.52. The van der Waals surface area contributed by atoms with Crippen molar-refractivity contribution in [3.63, 3.8) is 0 Å². The zero-order chi connectivity index (χ0) is 12.9. The summed E-state index contributed by atoms with van der Waals surface area (Å²) in [6.45, 7) is 0.228. The first-order valence-corrected chi connectivity index (χ1v) is 8.00. The highest BCUT2D eigenvalue weighted by atomic mass is 32.2. The van der Waals surface area contributed by atoms with E-state index in [1.165, 1.54) is 0 Å². The molecule has 96 valence electrons. The van der Waals surface area contributed by atoms with E-state index in [0.29, 0.717) is 12.2 Å². The minimum Gasteiger partial charge on any atom is -0.368 e. The summed E-state index contributed by atoms with van der Waals surface area (Å²) in [5.74, 6) is 0.478. The van der Waals surface area contributed by atoms with Gasteiger partial charge in [0.1, 0.15) is 4.90 Å². The van der Waals surface area contributed by atoms with E-state index in [4.69, 9.17) is 5.73 Å². The average Bonchev–Trinajstić information content (AvgIpc) is 2.25. The molecule has 0 fully saturated rings. The fraction of sp³-hybridized carbons (Fsp3) is 0.500. The monoisotopic (exact) mass is 278 g/mol. The van der Waals surface area contributed by atoms with Gasteiger partial charge < -0.3 is 5.73 Å². The van der Waals surface area contributed by atoms with Gasteiger partial charge in [0, 0.05) is 29.4 Å². The molecule has 17 heavy (non-hydrogen) atoms. The Bertz CT molecular complexity index is 486. The van der Waals surface area contributed by atoms with Gasteiger partial charge in [0.25, 0.3) is 0 Å². The molecule has 0 radical (unpaired) electrons. The molecular weight excluding hydrogens is 264 g/mol. The van der Waals surface area contributed by atoms with E-state index in [2.05, 4.69) is 14.7 Å². The number of hydrogen-bond acceptors (Lipinski definition) is 6. The van der Waals surface area contributed by atoms with Gasteiger partial charge in [-0.1, -0.05) is 0 Å². The first-order valence-electron chi connectivity index (χ1n) is 4.79. The van der Waals surface area contributed by atoms with Crippen LogP contribution in [0.25, 0.3) is 0 Å². The van der Waals surface area contributed by atoms with E-state index in [-0.39, 0.29) is 17.4 Å². The molecule has 0 saturated carbocycles. The second-order valence-corrected chi connectivity index (χ2v) is 6.63. The topological polar surface area (TPSA) is 115 Å². The molecule has 7 nitrogen and oxygen atoms in total. The Morgan fingerprint density at radius 1 is 1.41 bits per heavy atom. The standard InChI is InChI=1S/C8H14N4O3S2/c1-16(13)4-2-3-12-17(14,15)7-5-10-8(9)11-6-7/h5-6,12H,2-4H2,1H3,(H2,9,10,11). The van der Waals surface area contributed by atoms with Crippen LogP contribution in [-0.2, 0) is 20.8 Å². The third-order valence-corrected chi connectivity index (χ3v) is 4.14. The lowest BCUT2D eigenvalue weighted by atomic mass is 10.5. The van der Waals surface area contributed by atoms with Gasteiger partial charge in [-0.3, -0.25) is 4.21 Å². The van der Waals surface area contributed by atoms with Crippen LogP contribution in [0.15, 0.2) is 17.3 Å². The fourth-order valence-electron chi connectivity index (χ4n) is 1.03. The lowest BCUT2D eigenvalue weighted by molar-refractivity contribution is 0.580. The molecule has 0 aliphatic carbocycles. The van der Waals surface area contributed by atoms with Crippen molar-refractivity contribution in [2.24, 2.45) is 0 Å². The normalized spacial score (nSPS) is 13.5. The molecule has 3 N–H and O–H groups in total. The molecule has 0 aliphatic rings. The summed E-state index contributed by atoms with van der Waals surface area (Å²) < 4.78 is 36.5. The maximum Gasteiger partial charge on any atom is 0.243 e. The molecule has 1 aromatic rings. The molecule has 0 aliphatic heterocycles. The predicted molar refractivity (Wildman–Crippen MR) is 65.2 cm³/mol. The summed E-state index contributed by atoms with van der Waals surface area (Å²) in [6, 6.07) is 0. The highest BCUT2D eigenvalue weighted by Gasteiger charge is 2.14. The molecule has 0 saturated heterocycles. The van der Waals surface area contributed by atoms with Crippen LogP contribution in [0.3, 0.4) is 0 Å². The van der Waals surface area contributed by atoms with Gasteiger partial charge in [-0.05, 0) is 6.42 Å². The van der Waals surface area contributed by atoms with Gasteiger partial charge in [-0.15, -0.1) is 0 Å². The Balaban J connectivity index is 2.57. The second kappa shape index (κ2) is 6.03. The van der Waals surface area contributed by atoms with Crippen LogP contribution in [0.2, 0.25) is 0 Å². The number of sulfonamides is 1. The summed E-state index contributed by atoms with van der Waals surface area (Å²) in [6.07, 6.45) is 4.37. The van der Waals surface area contributed by atoms with Gasteiger partial charge in [-0.2, -0.15) is 0 Å². The number of hydrogen-bond donors (Lipinski definition) is 2. The van der Waals surface area contributed by atoms with Crippen molar-refractivity contribution in [3.05, 3.63) is 12.4 Å². The van der Waals surface area contributed by atoms with Crippen LogP contribution in [0.1, 0.15) is 6.42 Å². The number of nitrogens with zero attached hydrogens (tertiary/aromatic N) is 2. The van der Waals surface area contributed by atoms with E-state index >= 15 is 0 Å².